The van der Waals surface area contributed by atoms with Crippen LogP contribution in [0.5, 0.6) is 0 Å². The summed E-state index contributed by atoms with van der Waals surface area (Å²) in [5.74, 6) is 0.833. The molecule has 0 unspecified atom stereocenters. The Kier molecular flexibility index (Phi) is 5.01. The SMILES string of the molecule is Cc1ccc(CC(=O)N2CCc3ccc(C(=O)NCC4CC4)n3CC2)cc1. The molecule has 1 fully saturated rings. The van der Waals surface area contributed by atoms with Crippen molar-refractivity contribution < 1.29 is 9.59 Å². The maximum absolute atomic E-state index is 12.7. The second-order valence-electron chi connectivity index (χ2n) is 7.81. The lowest BCUT2D eigenvalue weighted by Gasteiger charge is -2.20. The van der Waals surface area contributed by atoms with Gasteiger partial charge in [0.25, 0.3) is 5.91 Å². The lowest BCUT2D eigenvalue weighted by atomic mass is 10.1. The average molecular weight is 365 g/mol. The second-order valence-corrected chi connectivity index (χ2v) is 7.81. The Labute approximate surface area is 160 Å². The zero-order valence-electron chi connectivity index (χ0n) is 15.9. The van der Waals surface area contributed by atoms with Crippen molar-refractivity contribution in [2.75, 3.05) is 19.6 Å². The van der Waals surface area contributed by atoms with Gasteiger partial charge >= 0.3 is 0 Å². The molecule has 1 saturated carbocycles. The number of hydrogen-bond acceptors (Lipinski definition) is 2. The van der Waals surface area contributed by atoms with Crippen molar-refractivity contribution >= 4 is 11.8 Å². The highest BCUT2D eigenvalue weighted by molar-refractivity contribution is 5.93. The smallest absolute Gasteiger partial charge is 0.267 e. The molecular formula is C22H27N3O2. The van der Waals surface area contributed by atoms with Crippen molar-refractivity contribution in [3.8, 4) is 0 Å². The minimum Gasteiger partial charge on any atom is -0.350 e. The number of hydrogen-bond donors (Lipinski definition) is 1. The lowest BCUT2D eigenvalue weighted by Crippen LogP contribution is -2.35. The maximum atomic E-state index is 12.7. The van der Waals surface area contributed by atoms with Crippen LogP contribution >= 0.6 is 0 Å². The number of benzene rings is 1. The van der Waals surface area contributed by atoms with E-state index in [-0.39, 0.29) is 11.8 Å². The normalized spacial score (nSPS) is 16.6. The molecule has 5 nitrogen and oxygen atoms in total. The first kappa shape index (κ1) is 17.8. The first-order valence-corrected chi connectivity index (χ1v) is 9.90. The number of fused-ring (bicyclic) bond motifs is 1. The summed E-state index contributed by atoms with van der Waals surface area (Å²) in [6.45, 7) is 4.86. The van der Waals surface area contributed by atoms with Crippen LogP contribution in [0, 0.1) is 12.8 Å². The predicted molar refractivity (Wildman–Crippen MR) is 105 cm³/mol. The monoisotopic (exact) mass is 365 g/mol. The topological polar surface area (TPSA) is 54.3 Å². The number of nitrogens with one attached hydrogen (secondary N) is 1. The molecule has 4 rings (SSSR count). The van der Waals surface area contributed by atoms with Gasteiger partial charge in [-0.2, -0.15) is 0 Å². The average Bonchev–Trinajstić information content (AvgIpc) is 3.44. The zero-order chi connectivity index (χ0) is 18.8. The van der Waals surface area contributed by atoms with E-state index in [0.29, 0.717) is 32.0 Å². The zero-order valence-corrected chi connectivity index (χ0v) is 15.9. The number of aromatic nitrogens is 1. The first-order valence-electron chi connectivity index (χ1n) is 9.90. The summed E-state index contributed by atoms with van der Waals surface area (Å²) in [7, 11) is 0. The molecule has 0 spiro atoms. The number of rotatable bonds is 5. The molecule has 2 amide bonds. The van der Waals surface area contributed by atoms with Crippen LogP contribution in [0.25, 0.3) is 0 Å². The van der Waals surface area contributed by atoms with Crippen LogP contribution in [0.3, 0.4) is 0 Å². The summed E-state index contributed by atoms with van der Waals surface area (Å²) in [6, 6.07) is 12.1. The molecule has 2 aromatic rings. The summed E-state index contributed by atoms with van der Waals surface area (Å²) in [5, 5.41) is 3.05. The quantitative estimate of drug-likeness (QED) is 0.885. The Morgan fingerprint density at radius 1 is 1.04 bits per heavy atom. The van der Waals surface area contributed by atoms with Gasteiger partial charge in [-0.25, -0.2) is 0 Å². The Bertz CT molecular complexity index is 834. The number of carbonyl (C=O) groups is 2. The third-order valence-electron chi connectivity index (χ3n) is 5.61. The van der Waals surface area contributed by atoms with Gasteiger partial charge in [0.2, 0.25) is 5.91 Å². The standard InChI is InChI=1S/C22H27N3O2/c1-16-2-4-17(5-3-16)14-21(26)24-11-10-19-8-9-20(25(19)13-12-24)22(27)23-15-18-6-7-18/h2-5,8-9,18H,6-7,10-15H2,1H3,(H,23,27). The molecule has 1 aromatic carbocycles. The van der Waals surface area contributed by atoms with Crippen LogP contribution in [0.4, 0.5) is 0 Å². The number of amides is 2. The second kappa shape index (κ2) is 7.59. The van der Waals surface area contributed by atoms with Crippen molar-refractivity contribution in [3.63, 3.8) is 0 Å². The van der Waals surface area contributed by atoms with E-state index in [1.54, 1.807) is 0 Å². The molecule has 5 heteroatoms. The molecule has 27 heavy (non-hydrogen) atoms. The van der Waals surface area contributed by atoms with Crippen LogP contribution in [0.15, 0.2) is 36.4 Å². The van der Waals surface area contributed by atoms with Gasteiger partial charge < -0.3 is 14.8 Å². The van der Waals surface area contributed by atoms with E-state index in [1.807, 2.05) is 48.2 Å². The molecule has 142 valence electrons. The molecule has 1 N–H and O–H groups in total. The number of nitrogens with zero attached hydrogens (tertiary/aromatic N) is 2. The highest BCUT2D eigenvalue weighted by Crippen LogP contribution is 2.27. The highest BCUT2D eigenvalue weighted by atomic mass is 16.2. The first-order chi connectivity index (χ1) is 13.1. The molecular weight excluding hydrogens is 338 g/mol. The molecule has 2 aliphatic rings. The van der Waals surface area contributed by atoms with E-state index in [9.17, 15) is 9.59 Å². The summed E-state index contributed by atoms with van der Waals surface area (Å²) in [6.07, 6.45) is 3.68. The van der Waals surface area contributed by atoms with Gasteiger partial charge in [0.05, 0.1) is 6.42 Å². The molecule has 1 aliphatic heterocycles. The van der Waals surface area contributed by atoms with Crippen molar-refractivity contribution in [2.45, 2.75) is 39.2 Å². The van der Waals surface area contributed by atoms with E-state index in [4.69, 9.17) is 0 Å². The largest absolute Gasteiger partial charge is 0.350 e. The summed E-state index contributed by atoms with van der Waals surface area (Å²) >= 11 is 0. The Hall–Kier alpha value is -2.56. The van der Waals surface area contributed by atoms with Gasteiger partial charge in [0.1, 0.15) is 5.69 Å². The van der Waals surface area contributed by atoms with Crippen LogP contribution < -0.4 is 5.32 Å². The molecule has 0 saturated heterocycles. The van der Waals surface area contributed by atoms with Crippen molar-refractivity contribution in [1.29, 1.82) is 0 Å². The van der Waals surface area contributed by atoms with Gasteiger partial charge in [-0.3, -0.25) is 9.59 Å². The summed E-state index contributed by atoms with van der Waals surface area (Å²) in [4.78, 5) is 27.1. The molecule has 0 radical (unpaired) electrons. The lowest BCUT2D eigenvalue weighted by molar-refractivity contribution is -0.130. The summed E-state index contributed by atoms with van der Waals surface area (Å²) < 4.78 is 2.08. The molecule has 2 heterocycles. The minimum atomic E-state index is 0.00702. The van der Waals surface area contributed by atoms with Gasteiger partial charge in [0.15, 0.2) is 0 Å². The van der Waals surface area contributed by atoms with E-state index >= 15 is 0 Å². The van der Waals surface area contributed by atoms with Crippen molar-refractivity contribution in [2.24, 2.45) is 5.92 Å². The Morgan fingerprint density at radius 3 is 2.56 bits per heavy atom. The third-order valence-corrected chi connectivity index (χ3v) is 5.61. The van der Waals surface area contributed by atoms with Crippen LogP contribution in [0.1, 0.15) is 40.2 Å². The number of carbonyl (C=O) groups excluding carboxylic acids is 2. The predicted octanol–water partition coefficient (Wildman–Crippen LogP) is 2.56. The fourth-order valence-electron chi connectivity index (χ4n) is 3.66. The molecule has 0 atom stereocenters. The van der Waals surface area contributed by atoms with Gasteiger partial charge in [0, 0.05) is 38.3 Å². The highest BCUT2D eigenvalue weighted by Gasteiger charge is 2.25. The van der Waals surface area contributed by atoms with Crippen molar-refractivity contribution in [1.82, 2.24) is 14.8 Å². The van der Waals surface area contributed by atoms with E-state index in [1.165, 1.54) is 18.4 Å². The minimum absolute atomic E-state index is 0.00702. The van der Waals surface area contributed by atoms with E-state index in [2.05, 4.69) is 9.88 Å². The van der Waals surface area contributed by atoms with E-state index < -0.39 is 0 Å². The van der Waals surface area contributed by atoms with Gasteiger partial charge in [-0.1, -0.05) is 29.8 Å². The van der Waals surface area contributed by atoms with E-state index in [0.717, 1.165) is 29.9 Å². The van der Waals surface area contributed by atoms with Crippen LogP contribution in [-0.4, -0.2) is 40.9 Å². The van der Waals surface area contributed by atoms with Gasteiger partial charge in [-0.15, -0.1) is 0 Å². The van der Waals surface area contributed by atoms with Gasteiger partial charge in [-0.05, 0) is 43.4 Å². The Balaban J connectivity index is 1.38. The number of aryl methyl sites for hydroxylation is 1. The fourth-order valence-corrected chi connectivity index (χ4v) is 3.66. The fraction of sp³-hybridized carbons (Fsp3) is 0.455. The Morgan fingerprint density at radius 2 is 1.81 bits per heavy atom. The molecule has 1 aliphatic carbocycles. The third kappa shape index (κ3) is 4.24. The van der Waals surface area contributed by atoms with Crippen molar-refractivity contribution in [3.05, 3.63) is 58.9 Å². The summed E-state index contributed by atoms with van der Waals surface area (Å²) in [5.41, 5.74) is 4.11. The molecule has 0 bridgehead atoms. The van der Waals surface area contributed by atoms with Crippen LogP contribution in [0.2, 0.25) is 0 Å². The maximum Gasteiger partial charge on any atom is 0.267 e. The van der Waals surface area contributed by atoms with Crippen LogP contribution in [-0.2, 0) is 24.2 Å². The molecule has 1 aromatic heterocycles.